The summed E-state index contributed by atoms with van der Waals surface area (Å²) in [7, 11) is -3.61. The molecule has 1 heterocycles. The number of benzene rings is 1. The Bertz CT molecular complexity index is 1170. The van der Waals surface area contributed by atoms with Gasteiger partial charge in [0.15, 0.2) is 26.1 Å². The topological polar surface area (TPSA) is 148 Å². The van der Waals surface area contributed by atoms with Crippen molar-refractivity contribution in [2.45, 2.75) is 38.0 Å². The molecule has 172 valence electrons. The second-order valence-electron chi connectivity index (χ2n) is 7.73. The third kappa shape index (κ3) is 5.61. The molecule has 0 saturated heterocycles. The highest BCUT2D eigenvalue weighted by molar-refractivity contribution is 9.11. The van der Waals surface area contributed by atoms with Crippen LogP contribution < -0.4 is 16.4 Å². The Kier molecular flexibility index (Phi) is 7.48. The van der Waals surface area contributed by atoms with Crippen LogP contribution in [0.15, 0.2) is 22.0 Å². The highest BCUT2D eigenvalue weighted by Gasteiger charge is 2.28. The molecule has 1 unspecified atom stereocenters. The lowest BCUT2D eigenvalue weighted by Crippen LogP contribution is -2.30. The van der Waals surface area contributed by atoms with E-state index < -0.39 is 27.0 Å². The van der Waals surface area contributed by atoms with Crippen molar-refractivity contribution in [1.82, 2.24) is 4.98 Å². The Morgan fingerprint density at radius 3 is 2.44 bits per heavy atom. The molecule has 0 radical (unpaired) electrons. The summed E-state index contributed by atoms with van der Waals surface area (Å²) in [5.41, 5.74) is 7.26. The summed E-state index contributed by atoms with van der Waals surface area (Å²) in [6.07, 6.45) is 4.61. The monoisotopic (exact) mass is 542 g/mol. The van der Waals surface area contributed by atoms with Gasteiger partial charge in [0.05, 0.1) is 9.47 Å². The van der Waals surface area contributed by atoms with E-state index in [1.54, 1.807) is 18.2 Å². The van der Waals surface area contributed by atoms with Crippen molar-refractivity contribution in [2.75, 3.05) is 16.9 Å². The molecule has 0 aliphatic heterocycles. The quantitative estimate of drug-likeness (QED) is 0.374. The third-order valence-corrected chi connectivity index (χ3v) is 7.99. The molecule has 0 spiro atoms. The van der Waals surface area contributed by atoms with Gasteiger partial charge in [0.25, 0.3) is 0 Å². The lowest BCUT2D eigenvalue weighted by Gasteiger charge is -2.14. The van der Waals surface area contributed by atoms with Crippen molar-refractivity contribution >= 4 is 65.5 Å². The maximum Gasteiger partial charge on any atom is 0.315 e. The number of amides is 2. The number of thiazole rings is 1. The standard InChI is InChI=1S/C20H23BrN4O5S2/c1-10-7-8-13(12(9-10)15(26)11-5-3-4-6-11)23-18(27)19(28)25-20-24-14(16(21)31-20)17(22)32(2,29)30/h7-9,11,17H,3-6,22H2,1-2H3,(H,23,27)(H,24,25,28). The number of anilines is 2. The summed E-state index contributed by atoms with van der Waals surface area (Å²) in [5, 5.41) is 3.48. The lowest BCUT2D eigenvalue weighted by atomic mass is 9.94. The van der Waals surface area contributed by atoms with Crippen molar-refractivity contribution in [1.29, 1.82) is 0 Å². The lowest BCUT2D eigenvalue weighted by molar-refractivity contribution is -0.133. The fraction of sp³-hybridized carbons (Fsp3) is 0.400. The van der Waals surface area contributed by atoms with Crippen LogP contribution in [0.4, 0.5) is 10.8 Å². The van der Waals surface area contributed by atoms with E-state index in [4.69, 9.17) is 5.73 Å². The number of nitrogens with one attached hydrogen (secondary N) is 2. The Morgan fingerprint density at radius 1 is 1.19 bits per heavy atom. The average Bonchev–Trinajstić information content (AvgIpc) is 3.37. The fourth-order valence-corrected chi connectivity index (χ4v) is 5.79. The number of aryl methyl sites for hydroxylation is 1. The molecule has 1 aliphatic carbocycles. The van der Waals surface area contributed by atoms with Crippen LogP contribution >= 0.6 is 27.3 Å². The van der Waals surface area contributed by atoms with Gasteiger partial charge in [0.2, 0.25) is 0 Å². The molecule has 1 aromatic heterocycles. The minimum absolute atomic E-state index is 0.0114. The first-order valence-corrected chi connectivity index (χ1v) is 13.4. The molecule has 2 amide bonds. The van der Waals surface area contributed by atoms with E-state index in [1.165, 1.54) is 0 Å². The summed E-state index contributed by atoms with van der Waals surface area (Å²) in [6, 6.07) is 5.06. The smallest absolute Gasteiger partial charge is 0.315 e. The van der Waals surface area contributed by atoms with E-state index in [2.05, 4.69) is 31.5 Å². The molecule has 2 aromatic rings. The van der Waals surface area contributed by atoms with E-state index in [-0.39, 0.29) is 28.2 Å². The van der Waals surface area contributed by atoms with Gasteiger partial charge in [0, 0.05) is 17.7 Å². The van der Waals surface area contributed by atoms with E-state index in [0.29, 0.717) is 9.35 Å². The van der Waals surface area contributed by atoms with Gasteiger partial charge < -0.3 is 11.1 Å². The van der Waals surface area contributed by atoms with Gasteiger partial charge in [-0.15, -0.1) is 0 Å². The van der Waals surface area contributed by atoms with Gasteiger partial charge in [-0.05, 0) is 47.8 Å². The number of ketones is 1. The SMILES string of the molecule is Cc1ccc(NC(=O)C(=O)Nc2nc(C(N)S(C)(=O)=O)c(Br)s2)c(C(=O)C2CCCC2)c1. The van der Waals surface area contributed by atoms with Crippen LogP contribution in [0.2, 0.25) is 0 Å². The highest BCUT2D eigenvalue weighted by Crippen LogP contribution is 2.33. The molecular formula is C20H23BrN4O5S2. The highest BCUT2D eigenvalue weighted by atomic mass is 79.9. The number of hydrogen-bond donors (Lipinski definition) is 3. The molecule has 3 rings (SSSR count). The summed E-state index contributed by atoms with van der Waals surface area (Å²) in [6.45, 7) is 1.85. The molecule has 4 N–H and O–H groups in total. The molecular weight excluding hydrogens is 520 g/mol. The zero-order valence-electron chi connectivity index (χ0n) is 17.5. The molecule has 32 heavy (non-hydrogen) atoms. The number of aromatic nitrogens is 1. The van der Waals surface area contributed by atoms with E-state index in [0.717, 1.165) is 48.8 Å². The maximum atomic E-state index is 12.9. The van der Waals surface area contributed by atoms with Crippen LogP contribution in [0.25, 0.3) is 0 Å². The van der Waals surface area contributed by atoms with Gasteiger partial charge >= 0.3 is 11.8 Å². The van der Waals surface area contributed by atoms with Gasteiger partial charge in [-0.3, -0.25) is 19.7 Å². The Hall–Kier alpha value is -2.15. The van der Waals surface area contributed by atoms with Crippen molar-refractivity contribution in [3.05, 3.63) is 38.8 Å². The van der Waals surface area contributed by atoms with Crippen LogP contribution in [0, 0.1) is 12.8 Å². The van der Waals surface area contributed by atoms with Crippen LogP contribution in [0.3, 0.4) is 0 Å². The predicted octanol–water partition coefficient (Wildman–Crippen LogP) is 3.17. The van der Waals surface area contributed by atoms with Crippen LogP contribution in [0.5, 0.6) is 0 Å². The van der Waals surface area contributed by atoms with Gasteiger partial charge in [0.1, 0.15) is 5.69 Å². The number of rotatable bonds is 6. The summed E-state index contributed by atoms with van der Waals surface area (Å²) in [4.78, 5) is 41.8. The Labute approximate surface area is 198 Å². The van der Waals surface area contributed by atoms with Crippen LogP contribution in [0.1, 0.15) is 52.7 Å². The van der Waals surface area contributed by atoms with E-state index in [1.807, 2.05) is 6.92 Å². The zero-order chi connectivity index (χ0) is 23.6. The minimum Gasteiger partial charge on any atom is -0.317 e. The zero-order valence-corrected chi connectivity index (χ0v) is 20.7. The largest absolute Gasteiger partial charge is 0.317 e. The summed E-state index contributed by atoms with van der Waals surface area (Å²) < 4.78 is 23.7. The second-order valence-corrected chi connectivity index (χ2v) is 12.2. The van der Waals surface area contributed by atoms with E-state index >= 15 is 0 Å². The minimum atomic E-state index is -3.61. The molecule has 9 nitrogen and oxygen atoms in total. The van der Waals surface area contributed by atoms with Crippen LogP contribution in [-0.4, -0.2) is 37.3 Å². The number of Topliss-reactive ketones (excluding diaryl/α,β-unsaturated/α-hetero) is 1. The number of nitrogens with zero attached hydrogens (tertiary/aromatic N) is 1. The Morgan fingerprint density at radius 2 is 1.81 bits per heavy atom. The molecule has 1 aliphatic rings. The summed E-state index contributed by atoms with van der Waals surface area (Å²) >= 11 is 4.11. The third-order valence-electron chi connectivity index (χ3n) is 5.18. The second kappa shape index (κ2) is 9.77. The number of halogens is 1. The van der Waals surface area contributed by atoms with Crippen molar-refractivity contribution < 1.29 is 22.8 Å². The number of hydrogen-bond acceptors (Lipinski definition) is 8. The first-order valence-electron chi connectivity index (χ1n) is 9.85. The van der Waals surface area contributed by atoms with E-state index in [9.17, 15) is 22.8 Å². The first kappa shape index (κ1) is 24.5. The van der Waals surface area contributed by atoms with Gasteiger partial charge in [-0.2, -0.15) is 0 Å². The number of sulfone groups is 1. The number of nitrogens with two attached hydrogens (primary N) is 1. The first-order chi connectivity index (χ1) is 15.0. The maximum absolute atomic E-state index is 12.9. The van der Waals surface area contributed by atoms with Crippen molar-refractivity contribution in [2.24, 2.45) is 11.7 Å². The molecule has 1 aromatic carbocycles. The predicted molar refractivity (Wildman–Crippen MR) is 126 cm³/mol. The van der Waals surface area contributed by atoms with Crippen molar-refractivity contribution in [3.8, 4) is 0 Å². The Balaban J connectivity index is 1.74. The number of carbonyl (C=O) groups is 3. The van der Waals surface area contributed by atoms with Crippen molar-refractivity contribution in [3.63, 3.8) is 0 Å². The fourth-order valence-electron chi connectivity index (χ4n) is 3.46. The average molecular weight is 543 g/mol. The molecule has 0 bridgehead atoms. The molecule has 1 fully saturated rings. The van der Waals surface area contributed by atoms with Gasteiger partial charge in [-0.25, -0.2) is 13.4 Å². The van der Waals surface area contributed by atoms with Gasteiger partial charge in [-0.1, -0.05) is 35.8 Å². The van der Waals surface area contributed by atoms with Crippen LogP contribution in [-0.2, 0) is 19.4 Å². The molecule has 1 saturated carbocycles. The number of carbonyl (C=O) groups excluding carboxylic acids is 3. The molecule has 12 heteroatoms. The normalized spacial score (nSPS) is 15.4. The molecule has 1 atom stereocenters. The summed E-state index contributed by atoms with van der Waals surface area (Å²) in [5.74, 6) is -2.10.